The minimum atomic E-state index is 0.187. The number of nitrogens with two attached hydrogens (primary N) is 1. The van der Waals surface area contributed by atoms with Gasteiger partial charge in [-0.05, 0) is 35.1 Å². The van der Waals surface area contributed by atoms with Gasteiger partial charge in [-0.3, -0.25) is 0 Å². The van der Waals surface area contributed by atoms with Crippen LogP contribution in [0.15, 0.2) is 36.5 Å². The van der Waals surface area contributed by atoms with Crippen LogP contribution in [-0.2, 0) is 5.41 Å². The molecule has 2 aromatic rings. The van der Waals surface area contributed by atoms with Gasteiger partial charge in [0.2, 0.25) is 0 Å². The zero-order valence-electron chi connectivity index (χ0n) is 11.5. The molecule has 2 heteroatoms. The molecule has 0 radical (unpaired) electrons. The summed E-state index contributed by atoms with van der Waals surface area (Å²) in [5.41, 5.74) is 10.7. The van der Waals surface area contributed by atoms with E-state index in [9.17, 15) is 0 Å². The third-order valence-electron chi connectivity index (χ3n) is 3.19. The fraction of sp³-hybridized carbons (Fsp3) is 0.312. The van der Waals surface area contributed by atoms with E-state index < -0.39 is 0 Å². The number of nitrogens with zero attached hydrogens (tertiary/aromatic N) is 1. The van der Waals surface area contributed by atoms with Gasteiger partial charge in [0.05, 0.1) is 0 Å². The maximum absolute atomic E-state index is 5.68. The summed E-state index contributed by atoms with van der Waals surface area (Å²) in [4.78, 5) is 4.17. The summed E-state index contributed by atoms with van der Waals surface area (Å²) >= 11 is 0. The van der Waals surface area contributed by atoms with Crippen LogP contribution in [0.4, 0.5) is 5.82 Å². The summed E-state index contributed by atoms with van der Waals surface area (Å²) in [6.07, 6.45) is 1.84. The zero-order chi connectivity index (χ0) is 13.3. The maximum atomic E-state index is 5.68. The van der Waals surface area contributed by atoms with E-state index in [1.54, 1.807) is 0 Å². The van der Waals surface area contributed by atoms with Crippen molar-refractivity contribution in [3.63, 3.8) is 0 Å². The maximum Gasteiger partial charge on any atom is 0.123 e. The molecule has 1 aromatic heterocycles. The van der Waals surface area contributed by atoms with Crippen LogP contribution in [0.2, 0.25) is 0 Å². The Morgan fingerprint density at radius 2 is 1.67 bits per heavy atom. The highest BCUT2D eigenvalue weighted by molar-refractivity contribution is 5.67. The van der Waals surface area contributed by atoms with Gasteiger partial charge in [-0.2, -0.15) is 0 Å². The molecule has 0 unspecified atom stereocenters. The summed E-state index contributed by atoms with van der Waals surface area (Å²) < 4.78 is 0. The van der Waals surface area contributed by atoms with E-state index >= 15 is 0 Å². The second-order valence-electron chi connectivity index (χ2n) is 5.75. The molecule has 0 bridgehead atoms. The lowest BCUT2D eigenvalue weighted by Crippen LogP contribution is -2.10. The third-order valence-corrected chi connectivity index (χ3v) is 3.19. The molecule has 0 aliphatic rings. The smallest absolute Gasteiger partial charge is 0.123 e. The van der Waals surface area contributed by atoms with Crippen LogP contribution in [0.1, 0.15) is 31.9 Å². The van der Waals surface area contributed by atoms with Crippen LogP contribution in [-0.4, -0.2) is 4.98 Å². The summed E-state index contributed by atoms with van der Waals surface area (Å²) in [7, 11) is 0. The highest BCUT2D eigenvalue weighted by Gasteiger charge is 2.13. The summed E-state index contributed by atoms with van der Waals surface area (Å²) in [6.45, 7) is 8.72. The number of pyridine rings is 1. The molecular weight excluding hydrogens is 220 g/mol. The second-order valence-corrected chi connectivity index (χ2v) is 5.75. The molecule has 0 aliphatic heterocycles. The Balaban J connectivity index is 2.41. The first-order valence-corrected chi connectivity index (χ1v) is 6.21. The Labute approximate surface area is 109 Å². The molecule has 94 valence electrons. The van der Waals surface area contributed by atoms with Crippen LogP contribution < -0.4 is 5.73 Å². The van der Waals surface area contributed by atoms with Gasteiger partial charge in [0.15, 0.2) is 0 Å². The average molecular weight is 240 g/mol. The minimum absolute atomic E-state index is 0.187. The van der Waals surface area contributed by atoms with Crippen molar-refractivity contribution in [2.45, 2.75) is 33.1 Å². The van der Waals surface area contributed by atoms with Crippen molar-refractivity contribution in [3.8, 4) is 11.1 Å². The zero-order valence-corrected chi connectivity index (χ0v) is 11.5. The quantitative estimate of drug-likeness (QED) is 0.820. The number of aryl methyl sites for hydroxylation is 1. The van der Waals surface area contributed by atoms with Crippen molar-refractivity contribution in [2.75, 3.05) is 5.73 Å². The number of aromatic nitrogens is 1. The minimum Gasteiger partial charge on any atom is -0.384 e. The van der Waals surface area contributed by atoms with Crippen molar-refractivity contribution >= 4 is 5.82 Å². The largest absolute Gasteiger partial charge is 0.384 e. The Hall–Kier alpha value is -1.83. The molecular formula is C16H20N2. The van der Waals surface area contributed by atoms with Gasteiger partial charge in [0.25, 0.3) is 0 Å². The number of hydrogen-bond donors (Lipinski definition) is 1. The second kappa shape index (κ2) is 4.45. The first kappa shape index (κ1) is 12.6. The molecule has 2 rings (SSSR count). The highest BCUT2D eigenvalue weighted by atomic mass is 14.8. The summed E-state index contributed by atoms with van der Waals surface area (Å²) in [5.74, 6) is 0.572. The lowest BCUT2D eigenvalue weighted by molar-refractivity contribution is 0.590. The van der Waals surface area contributed by atoms with Crippen molar-refractivity contribution in [2.24, 2.45) is 0 Å². The molecule has 18 heavy (non-hydrogen) atoms. The van der Waals surface area contributed by atoms with Crippen molar-refractivity contribution in [1.82, 2.24) is 4.98 Å². The summed E-state index contributed by atoms with van der Waals surface area (Å²) in [6, 6.07) is 10.6. The molecule has 0 spiro atoms. The molecule has 0 fully saturated rings. The molecule has 0 saturated carbocycles. The van der Waals surface area contributed by atoms with E-state index in [1.165, 1.54) is 11.1 Å². The lowest BCUT2D eigenvalue weighted by Gasteiger charge is -2.19. The molecule has 1 aromatic carbocycles. The fourth-order valence-electron chi connectivity index (χ4n) is 2.03. The van der Waals surface area contributed by atoms with Crippen molar-refractivity contribution in [1.29, 1.82) is 0 Å². The molecule has 2 nitrogen and oxygen atoms in total. The first-order valence-electron chi connectivity index (χ1n) is 6.21. The van der Waals surface area contributed by atoms with Crippen LogP contribution in [0.25, 0.3) is 11.1 Å². The van der Waals surface area contributed by atoms with E-state index in [0.717, 1.165) is 11.1 Å². The molecule has 0 aliphatic carbocycles. The predicted octanol–water partition coefficient (Wildman–Crippen LogP) is 3.94. The standard InChI is InChI=1S/C16H20N2/c1-11-9-15(17)18-10-14(11)12-5-7-13(8-6-12)16(2,3)4/h5-10H,1-4H3,(H2,17,18). The topological polar surface area (TPSA) is 38.9 Å². The average Bonchev–Trinajstić information content (AvgIpc) is 2.28. The van der Waals surface area contributed by atoms with Gasteiger partial charge >= 0.3 is 0 Å². The van der Waals surface area contributed by atoms with Crippen LogP contribution in [0.3, 0.4) is 0 Å². The van der Waals surface area contributed by atoms with Gasteiger partial charge in [-0.15, -0.1) is 0 Å². The fourth-order valence-corrected chi connectivity index (χ4v) is 2.03. The summed E-state index contributed by atoms with van der Waals surface area (Å²) in [5, 5.41) is 0. The van der Waals surface area contributed by atoms with Crippen LogP contribution >= 0.6 is 0 Å². The normalized spacial score (nSPS) is 11.6. The number of hydrogen-bond acceptors (Lipinski definition) is 2. The van der Waals surface area contributed by atoms with Gasteiger partial charge in [-0.25, -0.2) is 4.98 Å². The van der Waals surface area contributed by atoms with E-state index in [-0.39, 0.29) is 5.41 Å². The van der Waals surface area contributed by atoms with E-state index in [1.807, 2.05) is 12.3 Å². The SMILES string of the molecule is Cc1cc(N)ncc1-c1ccc(C(C)(C)C)cc1. The van der Waals surface area contributed by atoms with Crippen molar-refractivity contribution in [3.05, 3.63) is 47.7 Å². The van der Waals surface area contributed by atoms with E-state index in [4.69, 9.17) is 5.73 Å². The first-order chi connectivity index (χ1) is 8.38. The number of nitrogen functional groups attached to an aromatic ring is 1. The number of anilines is 1. The number of benzene rings is 1. The highest BCUT2D eigenvalue weighted by Crippen LogP contribution is 2.27. The van der Waals surface area contributed by atoms with Crippen LogP contribution in [0, 0.1) is 6.92 Å². The predicted molar refractivity (Wildman–Crippen MR) is 77.5 cm³/mol. The molecule has 1 heterocycles. The third kappa shape index (κ3) is 2.53. The van der Waals surface area contributed by atoms with E-state index in [0.29, 0.717) is 5.82 Å². The molecule has 2 N–H and O–H groups in total. The van der Waals surface area contributed by atoms with Gasteiger partial charge < -0.3 is 5.73 Å². The molecule has 0 atom stereocenters. The monoisotopic (exact) mass is 240 g/mol. The van der Waals surface area contributed by atoms with Crippen LogP contribution in [0.5, 0.6) is 0 Å². The Morgan fingerprint density at radius 1 is 1.06 bits per heavy atom. The van der Waals surface area contributed by atoms with Gasteiger partial charge in [-0.1, -0.05) is 45.0 Å². The molecule has 0 amide bonds. The van der Waals surface area contributed by atoms with Gasteiger partial charge in [0, 0.05) is 11.8 Å². The van der Waals surface area contributed by atoms with E-state index in [2.05, 4.69) is 56.9 Å². The number of rotatable bonds is 1. The van der Waals surface area contributed by atoms with Gasteiger partial charge in [0.1, 0.15) is 5.82 Å². The Bertz CT molecular complexity index is 548. The molecule has 0 saturated heterocycles. The van der Waals surface area contributed by atoms with Crippen molar-refractivity contribution < 1.29 is 0 Å². The Morgan fingerprint density at radius 3 is 2.17 bits per heavy atom. The Kier molecular flexibility index (Phi) is 3.12. The lowest BCUT2D eigenvalue weighted by atomic mass is 9.86.